The van der Waals surface area contributed by atoms with E-state index in [1.165, 1.54) is 6.92 Å². The Bertz CT molecular complexity index is 714. The lowest BCUT2D eigenvalue weighted by Crippen LogP contribution is -2.20. The molecule has 4 nitrogen and oxygen atoms in total. The van der Waals surface area contributed by atoms with Crippen molar-refractivity contribution < 1.29 is 4.79 Å². The molecule has 4 heteroatoms. The van der Waals surface area contributed by atoms with Crippen LogP contribution in [-0.4, -0.2) is 17.4 Å². The van der Waals surface area contributed by atoms with Crippen molar-refractivity contribution in [2.24, 2.45) is 0 Å². The third kappa shape index (κ3) is 3.57. The average molecular weight is 270 g/mol. The van der Waals surface area contributed by atoms with Crippen molar-refractivity contribution in [3.8, 4) is 0 Å². The Morgan fingerprint density at radius 3 is 2.90 bits per heavy atom. The SMILES string of the molecule is CC(=O)NCCC=Cc1ccc2[nH]c(C)cc(=O)c2c1. The monoisotopic (exact) mass is 270 g/mol. The quantitative estimate of drug-likeness (QED) is 0.838. The zero-order valence-electron chi connectivity index (χ0n) is 11.7. The van der Waals surface area contributed by atoms with Crippen LogP contribution in [0.3, 0.4) is 0 Å². The molecule has 1 aromatic carbocycles. The van der Waals surface area contributed by atoms with E-state index in [9.17, 15) is 9.59 Å². The number of pyridine rings is 1. The Hall–Kier alpha value is -2.36. The summed E-state index contributed by atoms with van der Waals surface area (Å²) in [6.07, 6.45) is 4.71. The summed E-state index contributed by atoms with van der Waals surface area (Å²) in [6.45, 7) is 4.00. The standard InChI is InChI=1S/C16H18N2O2/c1-11-9-16(20)14-10-13(6-7-15(14)18-11)5-3-4-8-17-12(2)19/h3,5-7,9-10H,4,8H2,1-2H3,(H,17,19)(H,18,20). The number of aromatic nitrogens is 1. The van der Waals surface area contributed by atoms with Gasteiger partial charge in [-0.15, -0.1) is 0 Å². The van der Waals surface area contributed by atoms with Crippen molar-refractivity contribution in [2.75, 3.05) is 6.54 Å². The molecule has 20 heavy (non-hydrogen) atoms. The summed E-state index contributed by atoms with van der Waals surface area (Å²) in [6, 6.07) is 7.36. The van der Waals surface area contributed by atoms with Gasteiger partial charge in [0.15, 0.2) is 5.43 Å². The summed E-state index contributed by atoms with van der Waals surface area (Å²) in [5.74, 6) is -0.0222. The van der Waals surface area contributed by atoms with Crippen LogP contribution in [0.2, 0.25) is 0 Å². The van der Waals surface area contributed by atoms with E-state index < -0.39 is 0 Å². The third-order valence-corrected chi connectivity index (χ3v) is 2.98. The van der Waals surface area contributed by atoms with Crippen LogP contribution >= 0.6 is 0 Å². The number of H-pyrrole nitrogens is 1. The van der Waals surface area contributed by atoms with Crippen LogP contribution in [0.25, 0.3) is 17.0 Å². The number of rotatable bonds is 4. The number of amides is 1. The van der Waals surface area contributed by atoms with E-state index in [1.54, 1.807) is 6.07 Å². The van der Waals surface area contributed by atoms with E-state index in [0.29, 0.717) is 11.9 Å². The Balaban J connectivity index is 2.14. The molecule has 0 unspecified atom stereocenters. The number of nitrogens with one attached hydrogen (secondary N) is 2. The smallest absolute Gasteiger partial charge is 0.216 e. The molecule has 1 aromatic heterocycles. The van der Waals surface area contributed by atoms with E-state index in [4.69, 9.17) is 0 Å². The van der Waals surface area contributed by atoms with Gasteiger partial charge >= 0.3 is 0 Å². The average Bonchev–Trinajstić information content (AvgIpc) is 2.38. The minimum atomic E-state index is -0.0222. The molecular weight excluding hydrogens is 252 g/mol. The molecule has 0 saturated heterocycles. The minimum Gasteiger partial charge on any atom is -0.358 e. The zero-order valence-corrected chi connectivity index (χ0v) is 11.7. The maximum atomic E-state index is 11.9. The zero-order chi connectivity index (χ0) is 14.5. The molecule has 0 spiro atoms. The van der Waals surface area contributed by atoms with Crippen LogP contribution in [0, 0.1) is 6.92 Å². The first-order valence-electron chi connectivity index (χ1n) is 6.61. The highest BCUT2D eigenvalue weighted by molar-refractivity contribution is 5.81. The molecule has 2 aromatic rings. The third-order valence-electron chi connectivity index (χ3n) is 2.98. The summed E-state index contributed by atoms with van der Waals surface area (Å²) in [7, 11) is 0. The summed E-state index contributed by atoms with van der Waals surface area (Å²) in [5, 5.41) is 3.43. The highest BCUT2D eigenvalue weighted by Gasteiger charge is 2.00. The van der Waals surface area contributed by atoms with Gasteiger partial charge in [0.25, 0.3) is 0 Å². The highest BCUT2D eigenvalue weighted by Crippen LogP contribution is 2.12. The fourth-order valence-electron chi connectivity index (χ4n) is 2.05. The fourth-order valence-corrected chi connectivity index (χ4v) is 2.05. The molecule has 1 amide bonds. The lowest BCUT2D eigenvalue weighted by Gasteiger charge is -2.01. The molecule has 0 atom stereocenters. The number of hydrogen-bond donors (Lipinski definition) is 2. The van der Waals surface area contributed by atoms with Crippen molar-refractivity contribution in [3.63, 3.8) is 0 Å². The van der Waals surface area contributed by atoms with E-state index >= 15 is 0 Å². The van der Waals surface area contributed by atoms with Gasteiger partial charge in [0.2, 0.25) is 5.91 Å². The topological polar surface area (TPSA) is 62.0 Å². The molecule has 2 rings (SSSR count). The number of benzene rings is 1. The first kappa shape index (κ1) is 14.1. The predicted octanol–water partition coefficient (Wildman–Crippen LogP) is 2.38. The van der Waals surface area contributed by atoms with Gasteiger partial charge in [-0.1, -0.05) is 18.2 Å². The summed E-state index contributed by atoms with van der Waals surface area (Å²) in [4.78, 5) is 25.8. The second-order valence-electron chi connectivity index (χ2n) is 4.80. The fraction of sp³-hybridized carbons (Fsp3) is 0.250. The number of carbonyl (C=O) groups is 1. The molecule has 0 aliphatic rings. The summed E-state index contributed by atoms with van der Waals surface area (Å²) < 4.78 is 0. The van der Waals surface area contributed by atoms with Crippen LogP contribution in [0.1, 0.15) is 24.6 Å². The number of hydrogen-bond acceptors (Lipinski definition) is 2. The largest absolute Gasteiger partial charge is 0.358 e. The second-order valence-corrected chi connectivity index (χ2v) is 4.80. The van der Waals surface area contributed by atoms with Gasteiger partial charge in [-0.3, -0.25) is 9.59 Å². The van der Waals surface area contributed by atoms with Crippen molar-refractivity contribution in [3.05, 3.63) is 51.8 Å². The Morgan fingerprint density at radius 2 is 2.15 bits per heavy atom. The van der Waals surface area contributed by atoms with Crippen LogP contribution < -0.4 is 10.7 Å². The van der Waals surface area contributed by atoms with Crippen LogP contribution in [0.15, 0.2) is 35.1 Å². The summed E-state index contributed by atoms with van der Waals surface area (Å²) >= 11 is 0. The van der Waals surface area contributed by atoms with Gasteiger partial charge in [-0.2, -0.15) is 0 Å². The first-order chi connectivity index (χ1) is 9.56. The molecule has 0 bridgehead atoms. The number of carbonyl (C=O) groups excluding carboxylic acids is 1. The van der Waals surface area contributed by atoms with Crippen LogP contribution in [-0.2, 0) is 4.79 Å². The van der Waals surface area contributed by atoms with Crippen LogP contribution in [0.5, 0.6) is 0 Å². The van der Waals surface area contributed by atoms with Gasteiger partial charge in [0.05, 0.1) is 0 Å². The normalized spacial score (nSPS) is 11.1. The van der Waals surface area contributed by atoms with Crippen molar-refractivity contribution in [2.45, 2.75) is 20.3 Å². The molecule has 0 saturated carbocycles. The van der Waals surface area contributed by atoms with Crippen LogP contribution in [0.4, 0.5) is 0 Å². The molecular formula is C16H18N2O2. The summed E-state index contributed by atoms with van der Waals surface area (Å²) in [5.41, 5.74) is 2.73. The molecule has 104 valence electrons. The van der Waals surface area contributed by atoms with E-state index in [-0.39, 0.29) is 11.3 Å². The molecule has 0 aliphatic heterocycles. The Labute approximate surface area is 117 Å². The lowest BCUT2D eigenvalue weighted by molar-refractivity contribution is -0.118. The molecule has 1 heterocycles. The predicted molar refractivity (Wildman–Crippen MR) is 81.6 cm³/mol. The lowest BCUT2D eigenvalue weighted by atomic mass is 10.1. The minimum absolute atomic E-state index is 0.0222. The van der Waals surface area contributed by atoms with Gasteiger partial charge in [0.1, 0.15) is 0 Å². The molecule has 0 fully saturated rings. The molecule has 2 N–H and O–H groups in total. The number of fused-ring (bicyclic) bond motifs is 1. The maximum absolute atomic E-state index is 11.9. The first-order valence-corrected chi connectivity index (χ1v) is 6.61. The number of aryl methyl sites for hydroxylation is 1. The van der Waals surface area contributed by atoms with E-state index in [0.717, 1.165) is 23.2 Å². The van der Waals surface area contributed by atoms with Gasteiger partial charge < -0.3 is 10.3 Å². The van der Waals surface area contributed by atoms with Gasteiger partial charge in [-0.05, 0) is 31.0 Å². The maximum Gasteiger partial charge on any atom is 0.216 e. The van der Waals surface area contributed by atoms with Gasteiger partial charge in [-0.25, -0.2) is 0 Å². The van der Waals surface area contributed by atoms with Crippen molar-refractivity contribution in [1.29, 1.82) is 0 Å². The molecule has 0 aliphatic carbocycles. The van der Waals surface area contributed by atoms with Crippen molar-refractivity contribution >= 4 is 22.9 Å². The Kier molecular flexibility index (Phi) is 4.35. The molecule has 0 radical (unpaired) electrons. The van der Waals surface area contributed by atoms with Gasteiger partial charge in [0, 0.05) is 36.1 Å². The second kappa shape index (κ2) is 6.19. The van der Waals surface area contributed by atoms with E-state index in [2.05, 4.69) is 10.3 Å². The highest BCUT2D eigenvalue weighted by atomic mass is 16.1. The van der Waals surface area contributed by atoms with E-state index in [1.807, 2.05) is 37.3 Å². The number of aromatic amines is 1. The van der Waals surface area contributed by atoms with Crippen molar-refractivity contribution in [1.82, 2.24) is 10.3 Å². The Morgan fingerprint density at radius 1 is 1.35 bits per heavy atom.